The minimum atomic E-state index is -3.17. The number of hydrogen-bond acceptors (Lipinski definition) is 4. The molecule has 0 aromatic heterocycles. The molecule has 0 heterocycles. The fourth-order valence-electron chi connectivity index (χ4n) is 0.795. The van der Waals surface area contributed by atoms with Gasteiger partial charge in [-0.2, -0.15) is 10.5 Å². The van der Waals surface area contributed by atoms with Gasteiger partial charge in [0.1, 0.15) is 0 Å². The Labute approximate surface area is 72.3 Å². The van der Waals surface area contributed by atoms with Crippen LogP contribution >= 0.6 is 0 Å². The van der Waals surface area contributed by atoms with Gasteiger partial charge in [-0.3, -0.25) is 0 Å². The summed E-state index contributed by atoms with van der Waals surface area (Å²) in [4.78, 5) is 0. The van der Waals surface area contributed by atoms with E-state index in [1.165, 1.54) is 0 Å². The Hall–Kier alpha value is -1.07. The van der Waals surface area contributed by atoms with Crippen LogP contribution in [0.4, 0.5) is 0 Å². The van der Waals surface area contributed by atoms with Crippen LogP contribution in [0.15, 0.2) is 0 Å². The first-order valence-corrected chi connectivity index (χ1v) is 5.40. The lowest BCUT2D eigenvalue weighted by Crippen LogP contribution is -2.18. The molecule has 12 heavy (non-hydrogen) atoms. The summed E-state index contributed by atoms with van der Waals surface area (Å²) >= 11 is 0. The van der Waals surface area contributed by atoms with Gasteiger partial charge in [-0.25, -0.2) is 8.42 Å². The van der Waals surface area contributed by atoms with Crippen molar-refractivity contribution in [3.05, 3.63) is 0 Å². The van der Waals surface area contributed by atoms with E-state index in [1.807, 2.05) is 6.07 Å². The highest BCUT2D eigenvalue weighted by atomic mass is 32.2. The molecule has 0 N–H and O–H groups in total. The maximum absolute atomic E-state index is 11.0. The fourth-order valence-corrected chi connectivity index (χ4v) is 1.72. The second-order valence-corrected chi connectivity index (χ2v) is 4.84. The molecule has 0 aromatic rings. The van der Waals surface area contributed by atoms with Crippen molar-refractivity contribution in [2.75, 3.05) is 6.26 Å². The molecule has 5 heteroatoms. The third kappa shape index (κ3) is 3.95. The van der Waals surface area contributed by atoms with E-state index in [0.717, 1.165) is 6.26 Å². The van der Waals surface area contributed by atoms with Gasteiger partial charge in [0.2, 0.25) is 0 Å². The summed E-state index contributed by atoms with van der Waals surface area (Å²) in [5.41, 5.74) is 0. The minimum Gasteiger partial charge on any atom is -0.229 e. The van der Waals surface area contributed by atoms with Crippen molar-refractivity contribution in [2.45, 2.75) is 24.5 Å². The smallest absolute Gasteiger partial charge is 0.151 e. The Morgan fingerprint density at radius 3 is 2.25 bits per heavy atom. The molecule has 0 aliphatic rings. The van der Waals surface area contributed by atoms with Gasteiger partial charge in [-0.05, 0) is 6.42 Å². The molecule has 0 saturated heterocycles. The number of hydrogen-bond donors (Lipinski definition) is 0. The largest absolute Gasteiger partial charge is 0.229 e. The van der Waals surface area contributed by atoms with Gasteiger partial charge in [0.15, 0.2) is 9.84 Å². The van der Waals surface area contributed by atoms with Crippen molar-refractivity contribution < 1.29 is 8.42 Å². The lowest BCUT2D eigenvalue weighted by Gasteiger charge is -2.07. The average molecular weight is 186 g/mol. The van der Waals surface area contributed by atoms with Crippen LogP contribution in [0, 0.1) is 22.7 Å². The van der Waals surface area contributed by atoms with E-state index in [2.05, 4.69) is 0 Å². The quantitative estimate of drug-likeness (QED) is 0.644. The molecule has 0 spiro atoms. The van der Waals surface area contributed by atoms with Crippen LogP contribution in [0.5, 0.6) is 0 Å². The Bertz CT molecular complexity index is 307. The number of sulfone groups is 1. The minimum absolute atomic E-state index is 0.0273. The number of rotatable bonds is 4. The van der Waals surface area contributed by atoms with Gasteiger partial charge >= 0.3 is 0 Å². The molecule has 0 bridgehead atoms. The van der Waals surface area contributed by atoms with Gasteiger partial charge < -0.3 is 0 Å². The maximum Gasteiger partial charge on any atom is 0.151 e. The fraction of sp³-hybridized carbons (Fsp3) is 0.714. The summed E-state index contributed by atoms with van der Waals surface area (Å²) in [7, 11) is -3.17. The Kier molecular flexibility index (Phi) is 4.31. The number of nitrogens with zero attached hydrogens (tertiary/aromatic N) is 2. The molecule has 4 nitrogen and oxygen atoms in total. The van der Waals surface area contributed by atoms with Gasteiger partial charge in [-0.1, -0.05) is 0 Å². The molecule has 66 valence electrons. The van der Waals surface area contributed by atoms with E-state index in [-0.39, 0.29) is 19.3 Å². The van der Waals surface area contributed by atoms with Crippen molar-refractivity contribution in [2.24, 2.45) is 0 Å². The first kappa shape index (κ1) is 10.9. The standard InChI is InChI=1S/C7H10N2O2S/c1-12(10,11)7(4-6-9)3-2-5-8/h7H,2-4H2,1H3. The van der Waals surface area contributed by atoms with Crippen LogP contribution in [-0.4, -0.2) is 19.9 Å². The molecule has 0 amide bonds. The van der Waals surface area contributed by atoms with Crippen LogP contribution in [0.3, 0.4) is 0 Å². The van der Waals surface area contributed by atoms with Crippen LogP contribution in [0.1, 0.15) is 19.3 Å². The zero-order valence-corrected chi connectivity index (χ0v) is 7.63. The van der Waals surface area contributed by atoms with Crippen LogP contribution in [-0.2, 0) is 9.84 Å². The van der Waals surface area contributed by atoms with E-state index < -0.39 is 15.1 Å². The zero-order valence-electron chi connectivity index (χ0n) is 6.82. The third-order valence-corrected chi connectivity index (χ3v) is 3.12. The van der Waals surface area contributed by atoms with Crippen LogP contribution < -0.4 is 0 Å². The molecule has 0 rings (SSSR count). The van der Waals surface area contributed by atoms with Crippen molar-refractivity contribution in [3.63, 3.8) is 0 Å². The molecule has 1 unspecified atom stereocenters. The van der Waals surface area contributed by atoms with Gasteiger partial charge in [-0.15, -0.1) is 0 Å². The van der Waals surface area contributed by atoms with Gasteiger partial charge in [0.25, 0.3) is 0 Å². The molecule has 0 aliphatic carbocycles. The van der Waals surface area contributed by atoms with Crippen molar-refractivity contribution in [1.29, 1.82) is 10.5 Å². The van der Waals surface area contributed by atoms with Crippen molar-refractivity contribution in [1.82, 2.24) is 0 Å². The van der Waals surface area contributed by atoms with Crippen molar-refractivity contribution >= 4 is 9.84 Å². The van der Waals surface area contributed by atoms with Crippen LogP contribution in [0.2, 0.25) is 0 Å². The van der Waals surface area contributed by atoms with E-state index in [0.29, 0.717) is 0 Å². The summed E-state index contributed by atoms with van der Waals surface area (Å²) < 4.78 is 21.9. The second kappa shape index (κ2) is 4.74. The summed E-state index contributed by atoms with van der Waals surface area (Å²) in [5, 5.41) is 15.8. The highest BCUT2D eigenvalue weighted by molar-refractivity contribution is 7.91. The molecule has 0 aliphatic heterocycles. The van der Waals surface area contributed by atoms with Crippen LogP contribution in [0.25, 0.3) is 0 Å². The van der Waals surface area contributed by atoms with Gasteiger partial charge in [0.05, 0.1) is 23.8 Å². The molecule has 0 fully saturated rings. The normalized spacial score (nSPS) is 12.9. The van der Waals surface area contributed by atoms with E-state index in [9.17, 15) is 8.42 Å². The zero-order chi connectivity index (χ0) is 9.61. The summed E-state index contributed by atoms with van der Waals surface area (Å²) in [5.74, 6) is 0. The topological polar surface area (TPSA) is 81.7 Å². The molecular weight excluding hydrogens is 176 g/mol. The monoisotopic (exact) mass is 186 g/mol. The summed E-state index contributed by atoms with van der Waals surface area (Å²) in [6.45, 7) is 0. The Balaban J connectivity index is 4.29. The molecule has 0 saturated carbocycles. The highest BCUT2D eigenvalue weighted by Gasteiger charge is 2.19. The second-order valence-electron chi connectivity index (χ2n) is 2.51. The van der Waals surface area contributed by atoms with E-state index in [1.54, 1.807) is 6.07 Å². The first-order valence-electron chi connectivity index (χ1n) is 3.45. The summed E-state index contributed by atoms with van der Waals surface area (Å²) in [6, 6.07) is 3.65. The van der Waals surface area contributed by atoms with E-state index >= 15 is 0 Å². The summed E-state index contributed by atoms with van der Waals surface area (Å²) in [6.07, 6.45) is 1.50. The predicted molar refractivity (Wildman–Crippen MR) is 43.7 cm³/mol. The lowest BCUT2D eigenvalue weighted by atomic mass is 10.2. The third-order valence-electron chi connectivity index (χ3n) is 1.50. The predicted octanol–water partition coefficient (Wildman–Crippen LogP) is 0.617. The van der Waals surface area contributed by atoms with Gasteiger partial charge in [0, 0.05) is 12.7 Å². The van der Waals surface area contributed by atoms with Crippen molar-refractivity contribution in [3.8, 4) is 12.1 Å². The lowest BCUT2D eigenvalue weighted by molar-refractivity contribution is 0.579. The van der Waals surface area contributed by atoms with E-state index in [4.69, 9.17) is 10.5 Å². The first-order chi connectivity index (χ1) is 5.52. The Morgan fingerprint density at radius 1 is 1.33 bits per heavy atom. The molecule has 1 atom stereocenters. The SMILES string of the molecule is CS(=O)(=O)C(CC#N)CCC#N. The molecule has 0 radical (unpaired) electrons. The average Bonchev–Trinajstić information content (AvgIpc) is 1.95. The molecule has 0 aromatic carbocycles. The highest BCUT2D eigenvalue weighted by Crippen LogP contribution is 2.10. The Morgan fingerprint density at radius 2 is 1.92 bits per heavy atom. The molecular formula is C7H10N2O2S. The number of nitriles is 2. The maximum atomic E-state index is 11.0.